The van der Waals surface area contributed by atoms with Gasteiger partial charge in [-0.2, -0.15) is 0 Å². The molecule has 5 heteroatoms. The van der Waals surface area contributed by atoms with Gasteiger partial charge in [-0.15, -0.1) is 0 Å². The van der Waals surface area contributed by atoms with E-state index in [0.717, 1.165) is 32.4 Å². The zero-order valence-corrected chi connectivity index (χ0v) is 10.9. The Morgan fingerprint density at radius 1 is 1.39 bits per heavy atom. The minimum atomic E-state index is 0.0301. The van der Waals surface area contributed by atoms with E-state index in [-0.39, 0.29) is 11.7 Å². The van der Waals surface area contributed by atoms with Gasteiger partial charge in [-0.3, -0.25) is 0 Å². The number of aromatic nitrogens is 1. The van der Waals surface area contributed by atoms with Crippen LogP contribution in [0, 0.1) is 0 Å². The van der Waals surface area contributed by atoms with Crippen LogP contribution in [0.1, 0.15) is 19.3 Å². The fourth-order valence-electron chi connectivity index (χ4n) is 2.71. The van der Waals surface area contributed by atoms with Gasteiger partial charge in [-0.1, -0.05) is 11.6 Å². The lowest BCUT2D eigenvalue weighted by Crippen LogP contribution is -2.41. The van der Waals surface area contributed by atoms with E-state index < -0.39 is 0 Å². The number of nitrogens with zero attached hydrogens (tertiary/aromatic N) is 1. The average molecular weight is 269 g/mol. The third kappa shape index (κ3) is 2.60. The monoisotopic (exact) mass is 268 g/mol. The Kier molecular flexibility index (Phi) is 3.41. The topological polar surface area (TPSA) is 43.4 Å². The second kappa shape index (κ2) is 5.03. The largest absolute Gasteiger partial charge is 0.472 e. The lowest BCUT2D eigenvalue weighted by atomic mass is 9.89. The first kappa shape index (κ1) is 12.2. The molecule has 4 nitrogen and oxygen atoms in total. The minimum Gasteiger partial charge on any atom is -0.472 e. The van der Waals surface area contributed by atoms with Gasteiger partial charge in [0.2, 0.25) is 5.88 Å². The van der Waals surface area contributed by atoms with Gasteiger partial charge < -0.3 is 14.8 Å². The summed E-state index contributed by atoms with van der Waals surface area (Å²) >= 11 is 5.80. The predicted molar refractivity (Wildman–Crippen MR) is 69.1 cm³/mol. The maximum Gasteiger partial charge on any atom is 0.213 e. The van der Waals surface area contributed by atoms with Crippen molar-refractivity contribution in [1.82, 2.24) is 10.3 Å². The summed E-state index contributed by atoms with van der Waals surface area (Å²) in [7, 11) is 0. The van der Waals surface area contributed by atoms with Crippen LogP contribution in [-0.4, -0.2) is 36.4 Å². The van der Waals surface area contributed by atoms with Crippen LogP contribution < -0.4 is 10.1 Å². The number of hydrogen-bond donors (Lipinski definition) is 1. The number of halogens is 1. The molecule has 1 unspecified atom stereocenters. The van der Waals surface area contributed by atoms with Gasteiger partial charge in [-0.05, 0) is 32.0 Å². The Labute approximate surface area is 112 Å². The fourth-order valence-corrected chi connectivity index (χ4v) is 2.82. The molecule has 2 fully saturated rings. The smallest absolute Gasteiger partial charge is 0.213 e. The number of piperidine rings is 1. The van der Waals surface area contributed by atoms with Crippen LogP contribution in [0.25, 0.3) is 0 Å². The maximum absolute atomic E-state index is 5.97. The van der Waals surface area contributed by atoms with Crippen molar-refractivity contribution in [3.8, 4) is 5.88 Å². The summed E-state index contributed by atoms with van der Waals surface area (Å²) in [5.41, 5.74) is 0.0301. The van der Waals surface area contributed by atoms with E-state index in [1.165, 1.54) is 0 Å². The Morgan fingerprint density at radius 2 is 2.22 bits per heavy atom. The normalized spacial score (nSPS) is 26.4. The predicted octanol–water partition coefficient (Wildman–Crippen LogP) is 2.02. The Hall–Kier alpha value is -0.840. The van der Waals surface area contributed by atoms with E-state index in [9.17, 15) is 0 Å². The van der Waals surface area contributed by atoms with E-state index in [1.807, 2.05) is 0 Å². The first-order valence-electron chi connectivity index (χ1n) is 6.39. The summed E-state index contributed by atoms with van der Waals surface area (Å²) in [6.07, 6.45) is 4.81. The van der Waals surface area contributed by atoms with Crippen LogP contribution in [-0.2, 0) is 4.74 Å². The summed E-state index contributed by atoms with van der Waals surface area (Å²) in [6, 6.07) is 3.59. The molecule has 0 saturated carbocycles. The Bertz CT molecular complexity index is 404. The number of rotatable bonds is 2. The van der Waals surface area contributed by atoms with Gasteiger partial charge in [0.05, 0.1) is 17.2 Å². The Morgan fingerprint density at radius 3 is 2.94 bits per heavy atom. The molecule has 1 N–H and O–H groups in total. The van der Waals surface area contributed by atoms with Gasteiger partial charge >= 0.3 is 0 Å². The van der Waals surface area contributed by atoms with Crippen LogP contribution in [0.15, 0.2) is 18.3 Å². The molecule has 3 heterocycles. The molecule has 2 aliphatic heterocycles. The molecule has 3 rings (SSSR count). The number of ether oxygens (including phenoxy) is 2. The van der Waals surface area contributed by atoms with Crippen LogP contribution in [0.2, 0.25) is 5.02 Å². The van der Waals surface area contributed by atoms with Crippen molar-refractivity contribution in [1.29, 1.82) is 0 Å². The van der Waals surface area contributed by atoms with E-state index in [4.69, 9.17) is 21.1 Å². The average Bonchev–Trinajstić information content (AvgIpc) is 2.76. The molecule has 1 aromatic rings. The summed E-state index contributed by atoms with van der Waals surface area (Å²) in [4.78, 5) is 4.15. The highest BCUT2D eigenvalue weighted by Crippen LogP contribution is 2.35. The maximum atomic E-state index is 5.97. The highest BCUT2D eigenvalue weighted by atomic mass is 35.5. The molecule has 1 atom stereocenters. The highest BCUT2D eigenvalue weighted by molar-refractivity contribution is 6.30. The first-order chi connectivity index (χ1) is 8.76. The minimum absolute atomic E-state index is 0.0301. The summed E-state index contributed by atoms with van der Waals surface area (Å²) in [5, 5.41) is 3.98. The number of nitrogens with one attached hydrogen (secondary N) is 1. The highest BCUT2D eigenvalue weighted by Gasteiger charge is 2.42. The molecule has 1 aromatic heterocycles. The van der Waals surface area contributed by atoms with Gasteiger partial charge in [0.1, 0.15) is 6.10 Å². The molecule has 98 valence electrons. The molecule has 0 aromatic carbocycles. The van der Waals surface area contributed by atoms with Gasteiger partial charge in [-0.25, -0.2) is 4.98 Å². The quantitative estimate of drug-likeness (QED) is 0.891. The van der Waals surface area contributed by atoms with Crippen molar-refractivity contribution >= 4 is 11.6 Å². The summed E-state index contributed by atoms with van der Waals surface area (Å²) < 4.78 is 11.8. The lowest BCUT2D eigenvalue weighted by molar-refractivity contribution is -0.0205. The molecule has 0 amide bonds. The SMILES string of the molecule is Clc1ccc(OC2COC3(CCNCC3)C2)nc1. The van der Waals surface area contributed by atoms with Gasteiger partial charge in [0.25, 0.3) is 0 Å². The lowest BCUT2D eigenvalue weighted by Gasteiger charge is -2.32. The Balaban J connectivity index is 1.60. The van der Waals surface area contributed by atoms with Crippen molar-refractivity contribution in [2.24, 2.45) is 0 Å². The van der Waals surface area contributed by atoms with Crippen LogP contribution >= 0.6 is 11.6 Å². The third-order valence-corrected chi connectivity index (χ3v) is 3.90. The molecule has 1 spiro atoms. The molecule has 0 radical (unpaired) electrons. The second-order valence-electron chi connectivity index (χ2n) is 5.00. The number of hydrogen-bond acceptors (Lipinski definition) is 4. The standard InChI is InChI=1S/C13H17ClN2O2/c14-10-1-2-12(16-8-10)18-11-7-13(17-9-11)3-5-15-6-4-13/h1-2,8,11,15H,3-7,9H2. The van der Waals surface area contributed by atoms with Crippen molar-refractivity contribution in [2.45, 2.75) is 31.0 Å². The fraction of sp³-hybridized carbons (Fsp3) is 0.615. The van der Waals surface area contributed by atoms with Crippen molar-refractivity contribution in [3.63, 3.8) is 0 Å². The molecular formula is C13H17ClN2O2. The van der Waals surface area contributed by atoms with E-state index >= 15 is 0 Å². The van der Waals surface area contributed by atoms with Gasteiger partial charge in [0.15, 0.2) is 0 Å². The van der Waals surface area contributed by atoms with Crippen LogP contribution in [0.4, 0.5) is 0 Å². The molecular weight excluding hydrogens is 252 g/mol. The zero-order valence-electron chi connectivity index (χ0n) is 10.2. The first-order valence-corrected chi connectivity index (χ1v) is 6.77. The second-order valence-corrected chi connectivity index (χ2v) is 5.44. The van der Waals surface area contributed by atoms with Crippen molar-refractivity contribution in [2.75, 3.05) is 19.7 Å². The van der Waals surface area contributed by atoms with E-state index in [0.29, 0.717) is 17.5 Å². The summed E-state index contributed by atoms with van der Waals surface area (Å²) in [5.74, 6) is 0.624. The van der Waals surface area contributed by atoms with Crippen molar-refractivity contribution < 1.29 is 9.47 Å². The van der Waals surface area contributed by atoms with E-state index in [1.54, 1.807) is 18.3 Å². The third-order valence-electron chi connectivity index (χ3n) is 3.68. The van der Waals surface area contributed by atoms with Crippen LogP contribution in [0.5, 0.6) is 5.88 Å². The van der Waals surface area contributed by atoms with E-state index in [2.05, 4.69) is 10.3 Å². The zero-order chi connectivity index (χ0) is 12.4. The molecule has 0 aliphatic carbocycles. The molecule has 0 bridgehead atoms. The van der Waals surface area contributed by atoms with Gasteiger partial charge in [0, 0.05) is 18.7 Å². The van der Waals surface area contributed by atoms with Crippen molar-refractivity contribution in [3.05, 3.63) is 23.4 Å². The van der Waals surface area contributed by atoms with Crippen LogP contribution in [0.3, 0.4) is 0 Å². The molecule has 2 saturated heterocycles. The molecule has 18 heavy (non-hydrogen) atoms. The summed E-state index contributed by atoms with van der Waals surface area (Å²) in [6.45, 7) is 2.72. The molecule has 2 aliphatic rings. The number of pyridine rings is 1.